The molecular formula is C16H18N6. The predicted octanol–water partition coefficient (Wildman–Crippen LogP) is 3.39. The third-order valence-electron chi connectivity index (χ3n) is 4.88. The van der Waals surface area contributed by atoms with E-state index in [9.17, 15) is 21.0 Å². The number of rotatable bonds is 2. The third-order valence-corrected chi connectivity index (χ3v) is 4.88. The highest BCUT2D eigenvalue weighted by atomic mass is 15.2. The number of nitrogens with zero attached hydrogens (tertiary/aromatic N) is 6. The molecule has 2 saturated carbocycles. The number of nitriles is 4. The normalized spacial score (nSPS) is 29.6. The lowest BCUT2D eigenvalue weighted by molar-refractivity contribution is 0.255. The molecule has 0 saturated heterocycles. The van der Waals surface area contributed by atoms with E-state index in [2.05, 4.69) is 34.5 Å². The van der Waals surface area contributed by atoms with Crippen LogP contribution in [0.2, 0.25) is 0 Å². The lowest BCUT2D eigenvalue weighted by atomic mass is 9.72. The molecule has 0 heterocycles. The van der Waals surface area contributed by atoms with Gasteiger partial charge in [-0.25, -0.2) is 0 Å². The Balaban J connectivity index is 2.23. The van der Waals surface area contributed by atoms with Gasteiger partial charge in [0.05, 0.1) is 24.3 Å². The van der Waals surface area contributed by atoms with Crippen molar-refractivity contribution in [1.29, 1.82) is 21.0 Å². The van der Waals surface area contributed by atoms with Gasteiger partial charge in [-0.3, -0.25) is 0 Å². The van der Waals surface area contributed by atoms with Crippen molar-refractivity contribution in [3.05, 3.63) is 0 Å². The van der Waals surface area contributed by atoms with Crippen LogP contribution in [0, 0.1) is 56.2 Å². The summed E-state index contributed by atoms with van der Waals surface area (Å²) in [5, 5.41) is 46.0. The molecule has 2 unspecified atom stereocenters. The fourth-order valence-corrected chi connectivity index (χ4v) is 3.35. The first-order valence-electron chi connectivity index (χ1n) is 7.71. The van der Waals surface area contributed by atoms with Crippen molar-refractivity contribution in [2.24, 2.45) is 21.1 Å². The van der Waals surface area contributed by atoms with Gasteiger partial charge >= 0.3 is 0 Å². The van der Waals surface area contributed by atoms with Crippen LogP contribution in [0.1, 0.15) is 51.4 Å². The van der Waals surface area contributed by atoms with Crippen LogP contribution in [0.4, 0.5) is 0 Å². The van der Waals surface area contributed by atoms with Crippen molar-refractivity contribution in [2.75, 3.05) is 0 Å². The molecule has 0 amide bonds. The van der Waals surface area contributed by atoms with Crippen molar-refractivity contribution in [2.45, 2.75) is 63.5 Å². The molecular weight excluding hydrogens is 276 g/mol. The topological polar surface area (TPSA) is 120 Å². The largest absolute Gasteiger partial charge is 0.196 e. The molecule has 0 aromatic heterocycles. The minimum absolute atomic E-state index is 0.451. The van der Waals surface area contributed by atoms with Gasteiger partial charge in [0.15, 0.2) is 10.8 Å². The molecule has 2 aliphatic rings. The number of hydrogen-bond acceptors (Lipinski definition) is 6. The van der Waals surface area contributed by atoms with Gasteiger partial charge in [-0.1, -0.05) is 25.7 Å². The average Bonchev–Trinajstić information content (AvgIpc) is 2.60. The molecule has 22 heavy (non-hydrogen) atoms. The minimum Gasteiger partial charge on any atom is -0.196 e. The van der Waals surface area contributed by atoms with Crippen LogP contribution in [-0.4, -0.2) is 12.1 Å². The standard InChI is InChI=1S/C16H18N6/c17-9-15(10-18)7-3-1-5-13(15)21-22-14-6-2-4-8-16(14,11-19)12-20/h13-14H,1-8H2. The maximum atomic E-state index is 9.37. The van der Waals surface area contributed by atoms with Gasteiger partial charge < -0.3 is 0 Å². The molecule has 2 fully saturated rings. The fourth-order valence-electron chi connectivity index (χ4n) is 3.35. The van der Waals surface area contributed by atoms with Crippen molar-refractivity contribution >= 4 is 0 Å². The lowest BCUT2D eigenvalue weighted by Crippen LogP contribution is -2.36. The quantitative estimate of drug-likeness (QED) is 0.724. The Morgan fingerprint density at radius 3 is 1.32 bits per heavy atom. The number of hydrogen-bond donors (Lipinski definition) is 0. The molecule has 6 nitrogen and oxygen atoms in total. The van der Waals surface area contributed by atoms with Crippen molar-refractivity contribution in [3.63, 3.8) is 0 Å². The molecule has 6 heteroatoms. The first-order valence-corrected chi connectivity index (χ1v) is 7.71. The van der Waals surface area contributed by atoms with E-state index in [0.717, 1.165) is 25.7 Å². The van der Waals surface area contributed by atoms with E-state index in [1.807, 2.05) is 0 Å². The van der Waals surface area contributed by atoms with E-state index in [-0.39, 0.29) is 0 Å². The van der Waals surface area contributed by atoms with E-state index in [0.29, 0.717) is 25.7 Å². The molecule has 0 aromatic rings. The predicted molar refractivity (Wildman–Crippen MR) is 76.7 cm³/mol. The molecule has 2 rings (SSSR count). The van der Waals surface area contributed by atoms with Gasteiger partial charge in [-0.05, 0) is 25.7 Å². The molecule has 2 aliphatic carbocycles. The van der Waals surface area contributed by atoms with Gasteiger partial charge in [0.1, 0.15) is 12.1 Å². The average molecular weight is 294 g/mol. The third kappa shape index (κ3) is 2.66. The first-order chi connectivity index (χ1) is 10.7. The Bertz CT molecular complexity index is 527. The van der Waals surface area contributed by atoms with Gasteiger partial charge in [0, 0.05) is 0 Å². The summed E-state index contributed by atoms with van der Waals surface area (Å²) in [6, 6.07) is 7.53. The molecule has 0 bridgehead atoms. The van der Waals surface area contributed by atoms with Crippen LogP contribution in [0.15, 0.2) is 10.2 Å². The second-order valence-electron chi connectivity index (χ2n) is 6.14. The highest BCUT2D eigenvalue weighted by molar-refractivity contribution is 5.22. The SMILES string of the molecule is N#CC1(C#N)CCCCC1N=NC1CCCCC1(C#N)C#N. The summed E-state index contributed by atoms with van der Waals surface area (Å²) in [7, 11) is 0. The van der Waals surface area contributed by atoms with Crippen LogP contribution in [0.3, 0.4) is 0 Å². The highest BCUT2D eigenvalue weighted by Crippen LogP contribution is 2.40. The molecule has 0 N–H and O–H groups in total. The maximum absolute atomic E-state index is 9.37. The van der Waals surface area contributed by atoms with E-state index < -0.39 is 22.9 Å². The zero-order valence-corrected chi connectivity index (χ0v) is 12.5. The Morgan fingerprint density at radius 2 is 1.00 bits per heavy atom. The Kier molecular flexibility index (Phi) is 4.75. The summed E-state index contributed by atoms with van der Waals surface area (Å²) in [5.74, 6) is 0. The smallest absolute Gasteiger partial charge is 0.167 e. The second kappa shape index (κ2) is 6.55. The fraction of sp³-hybridized carbons (Fsp3) is 0.750. The zero-order chi connectivity index (χ0) is 16.1. The van der Waals surface area contributed by atoms with Crippen LogP contribution in [0.5, 0.6) is 0 Å². The van der Waals surface area contributed by atoms with E-state index in [1.165, 1.54) is 0 Å². The van der Waals surface area contributed by atoms with Crippen LogP contribution in [0.25, 0.3) is 0 Å². The summed E-state index contributed by atoms with van der Waals surface area (Å²) in [6.45, 7) is 0. The summed E-state index contributed by atoms with van der Waals surface area (Å²) < 4.78 is 0. The summed E-state index contributed by atoms with van der Waals surface area (Å²) in [4.78, 5) is 0. The van der Waals surface area contributed by atoms with Gasteiger partial charge in [0.25, 0.3) is 0 Å². The van der Waals surface area contributed by atoms with Crippen molar-refractivity contribution in [1.82, 2.24) is 0 Å². The van der Waals surface area contributed by atoms with Crippen molar-refractivity contribution in [3.8, 4) is 24.3 Å². The van der Waals surface area contributed by atoms with Crippen molar-refractivity contribution < 1.29 is 0 Å². The zero-order valence-electron chi connectivity index (χ0n) is 12.5. The molecule has 0 aliphatic heterocycles. The molecule has 0 aromatic carbocycles. The second-order valence-corrected chi connectivity index (χ2v) is 6.14. The Hall–Kier alpha value is -2.44. The highest BCUT2D eigenvalue weighted by Gasteiger charge is 2.45. The molecule has 0 radical (unpaired) electrons. The van der Waals surface area contributed by atoms with Crippen LogP contribution in [-0.2, 0) is 0 Å². The van der Waals surface area contributed by atoms with Gasteiger partial charge in [-0.2, -0.15) is 31.3 Å². The Morgan fingerprint density at radius 1 is 0.636 bits per heavy atom. The molecule has 0 spiro atoms. The molecule has 112 valence electrons. The van der Waals surface area contributed by atoms with E-state index in [1.54, 1.807) is 0 Å². The van der Waals surface area contributed by atoms with Gasteiger partial charge in [0.2, 0.25) is 0 Å². The minimum atomic E-state index is -1.11. The van der Waals surface area contributed by atoms with E-state index >= 15 is 0 Å². The number of azo groups is 1. The lowest BCUT2D eigenvalue weighted by Gasteiger charge is -2.32. The summed E-state index contributed by atoms with van der Waals surface area (Å²) in [6.07, 6.45) is 5.86. The van der Waals surface area contributed by atoms with Crippen LogP contribution >= 0.6 is 0 Å². The Labute approximate surface area is 130 Å². The monoisotopic (exact) mass is 294 g/mol. The first kappa shape index (κ1) is 15.9. The van der Waals surface area contributed by atoms with E-state index in [4.69, 9.17) is 0 Å². The molecule has 2 atom stereocenters. The summed E-state index contributed by atoms with van der Waals surface area (Å²) >= 11 is 0. The van der Waals surface area contributed by atoms with Crippen LogP contribution < -0.4 is 0 Å². The van der Waals surface area contributed by atoms with Gasteiger partial charge in [-0.15, -0.1) is 0 Å². The summed E-state index contributed by atoms with van der Waals surface area (Å²) in [5.41, 5.74) is -2.23. The maximum Gasteiger partial charge on any atom is 0.167 e.